The number of hydroxylamine groups is 2. The van der Waals surface area contributed by atoms with Crippen LogP contribution in [0, 0.1) is 0 Å². The predicted molar refractivity (Wildman–Crippen MR) is 74.7 cm³/mol. The molecule has 0 spiro atoms. The molecule has 20 heavy (non-hydrogen) atoms. The summed E-state index contributed by atoms with van der Waals surface area (Å²) in [6.45, 7) is 7.39. The fourth-order valence-corrected chi connectivity index (χ4v) is 2.41. The molecule has 2 aliphatic rings. The molecule has 0 aromatic heterocycles. The maximum absolute atomic E-state index is 12.1. The van der Waals surface area contributed by atoms with Crippen molar-refractivity contribution in [2.45, 2.75) is 32.7 Å². The van der Waals surface area contributed by atoms with Gasteiger partial charge in [-0.2, -0.15) is 0 Å². The van der Waals surface area contributed by atoms with E-state index in [1.54, 1.807) is 0 Å². The van der Waals surface area contributed by atoms with Crippen LogP contribution in [-0.4, -0.2) is 60.6 Å². The standard InChI is InChI=1S/C14H23N3O3/c1-11(2)4-7-16-8-5-15-14(19)12(16)10-13(18)17-6-3-9-20-17/h4,12H,3,5-10H2,1-2H3,(H,15,19). The summed E-state index contributed by atoms with van der Waals surface area (Å²) in [6.07, 6.45) is 3.13. The van der Waals surface area contributed by atoms with E-state index in [0.29, 0.717) is 26.2 Å². The van der Waals surface area contributed by atoms with Gasteiger partial charge in [0.25, 0.3) is 0 Å². The average Bonchev–Trinajstić information content (AvgIpc) is 2.93. The monoisotopic (exact) mass is 281 g/mol. The molecule has 6 nitrogen and oxygen atoms in total. The fourth-order valence-electron chi connectivity index (χ4n) is 2.41. The van der Waals surface area contributed by atoms with Crippen LogP contribution < -0.4 is 5.32 Å². The lowest BCUT2D eigenvalue weighted by molar-refractivity contribution is -0.171. The van der Waals surface area contributed by atoms with Crippen LogP contribution >= 0.6 is 0 Å². The van der Waals surface area contributed by atoms with Gasteiger partial charge in [-0.25, -0.2) is 5.06 Å². The second-order valence-corrected chi connectivity index (χ2v) is 5.47. The van der Waals surface area contributed by atoms with Gasteiger partial charge in [0.05, 0.1) is 25.6 Å². The number of piperazine rings is 1. The maximum Gasteiger partial charge on any atom is 0.248 e. The van der Waals surface area contributed by atoms with Crippen LogP contribution in [0.15, 0.2) is 11.6 Å². The van der Waals surface area contributed by atoms with Crippen molar-refractivity contribution in [3.63, 3.8) is 0 Å². The number of allylic oxidation sites excluding steroid dienone is 1. The molecule has 1 unspecified atom stereocenters. The van der Waals surface area contributed by atoms with E-state index in [0.717, 1.165) is 13.0 Å². The molecule has 6 heteroatoms. The quantitative estimate of drug-likeness (QED) is 0.753. The van der Waals surface area contributed by atoms with E-state index in [1.165, 1.54) is 10.6 Å². The molecular weight excluding hydrogens is 258 g/mol. The predicted octanol–water partition coefficient (Wildman–Crippen LogP) is 0.307. The van der Waals surface area contributed by atoms with Crippen LogP contribution in [0.5, 0.6) is 0 Å². The first-order valence-electron chi connectivity index (χ1n) is 7.16. The molecule has 2 amide bonds. The van der Waals surface area contributed by atoms with E-state index >= 15 is 0 Å². The second kappa shape index (κ2) is 6.85. The summed E-state index contributed by atoms with van der Waals surface area (Å²) in [6, 6.07) is -0.393. The van der Waals surface area contributed by atoms with Gasteiger partial charge in [0.1, 0.15) is 0 Å². The summed E-state index contributed by atoms with van der Waals surface area (Å²) in [4.78, 5) is 31.4. The Morgan fingerprint density at radius 2 is 2.25 bits per heavy atom. The zero-order chi connectivity index (χ0) is 14.5. The lowest BCUT2D eigenvalue weighted by Gasteiger charge is -2.34. The lowest BCUT2D eigenvalue weighted by atomic mass is 10.1. The molecule has 2 heterocycles. The van der Waals surface area contributed by atoms with E-state index in [4.69, 9.17) is 4.84 Å². The Morgan fingerprint density at radius 3 is 2.90 bits per heavy atom. The minimum absolute atomic E-state index is 0.0639. The van der Waals surface area contributed by atoms with Gasteiger partial charge in [-0.05, 0) is 20.3 Å². The minimum Gasteiger partial charge on any atom is -0.353 e. The first-order chi connectivity index (χ1) is 9.58. The number of carbonyl (C=O) groups excluding carboxylic acids is 2. The molecule has 1 N–H and O–H groups in total. The van der Waals surface area contributed by atoms with Crippen molar-refractivity contribution in [2.24, 2.45) is 0 Å². The Hall–Kier alpha value is -1.40. The summed E-state index contributed by atoms with van der Waals surface area (Å²) in [5, 5.41) is 4.22. The number of nitrogens with zero attached hydrogens (tertiary/aromatic N) is 2. The number of hydrogen-bond acceptors (Lipinski definition) is 4. The highest BCUT2D eigenvalue weighted by Crippen LogP contribution is 2.14. The highest BCUT2D eigenvalue weighted by Gasteiger charge is 2.33. The van der Waals surface area contributed by atoms with Crippen molar-refractivity contribution in [1.29, 1.82) is 0 Å². The minimum atomic E-state index is -0.393. The lowest BCUT2D eigenvalue weighted by Crippen LogP contribution is -2.56. The number of carbonyl (C=O) groups is 2. The Bertz CT molecular complexity index is 398. The van der Waals surface area contributed by atoms with Crippen molar-refractivity contribution in [2.75, 3.05) is 32.8 Å². The third-order valence-electron chi connectivity index (χ3n) is 3.57. The molecule has 0 aromatic carbocycles. The highest BCUT2D eigenvalue weighted by atomic mass is 16.7. The summed E-state index contributed by atoms with van der Waals surface area (Å²) >= 11 is 0. The van der Waals surface area contributed by atoms with Crippen LogP contribution in [0.25, 0.3) is 0 Å². The van der Waals surface area contributed by atoms with E-state index in [2.05, 4.69) is 16.3 Å². The van der Waals surface area contributed by atoms with Gasteiger partial charge in [0, 0.05) is 19.6 Å². The van der Waals surface area contributed by atoms with Crippen molar-refractivity contribution in [1.82, 2.24) is 15.3 Å². The first-order valence-corrected chi connectivity index (χ1v) is 7.16. The molecule has 112 valence electrons. The molecule has 0 bridgehead atoms. The molecule has 2 aliphatic heterocycles. The van der Waals surface area contributed by atoms with Gasteiger partial charge in [-0.15, -0.1) is 0 Å². The van der Waals surface area contributed by atoms with Crippen molar-refractivity contribution in [3.8, 4) is 0 Å². The SMILES string of the molecule is CC(C)=CCN1CCNC(=O)C1CC(=O)N1CCCO1. The molecule has 0 aromatic rings. The molecule has 0 aliphatic carbocycles. The molecule has 0 saturated carbocycles. The van der Waals surface area contributed by atoms with Crippen LogP contribution in [0.3, 0.4) is 0 Å². The Morgan fingerprint density at radius 1 is 1.45 bits per heavy atom. The van der Waals surface area contributed by atoms with Gasteiger partial charge >= 0.3 is 0 Å². The van der Waals surface area contributed by atoms with E-state index in [-0.39, 0.29) is 18.2 Å². The van der Waals surface area contributed by atoms with E-state index in [9.17, 15) is 9.59 Å². The van der Waals surface area contributed by atoms with E-state index < -0.39 is 6.04 Å². The average molecular weight is 281 g/mol. The topological polar surface area (TPSA) is 61.9 Å². The van der Waals surface area contributed by atoms with Gasteiger partial charge in [0.15, 0.2) is 0 Å². The largest absolute Gasteiger partial charge is 0.353 e. The molecule has 0 radical (unpaired) electrons. The molecular formula is C14H23N3O3. The van der Waals surface area contributed by atoms with E-state index in [1.807, 2.05) is 13.8 Å². The normalized spacial score (nSPS) is 23.6. The van der Waals surface area contributed by atoms with Gasteiger partial charge in [0.2, 0.25) is 11.8 Å². The Labute approximate surface area is 119 Å². The molecule has 1 atom stereocenters. The van der Waals surface area contributed by atoms with Crippen LogP contribution in [-0.2, 0) is 14.4 Å². The second-order valence-electron chi connectivity index (χ2n) is 5.47. The smallest absolute Gasteiger partial charge is 0.248 e. The summed E-state index contributed by atoms with van der Waals surface area (Å²) in [7, 11) is 0. The van der Waals surface area contributed by atoms with Crippen LogP contribution in [0.2, 0.25) is 0 Å². The molecule has 2 rings (SSSR count). The number of amides is 2. The van der Waals surface area contributed by atoms with Gasteiger partial charge < -0.3 is 5.32 Å². The van der Waals surface area contributed by atoms with Crippen molar-refractivity contribution in [3.05, 3.63) is 11.6 Å². The van der Waals surface area contributed by atoms with Crippen molar-refractivity contribution < 1.29 is 14.4 Å². The first kappa shape index (κ1) is 15.0. The van der Waals surface area contributed by atoms with Crippen molar-refractivity contribution >= 4 is 11.8 Å². The molecule has 2 fully saturated rings. The zero-order valence-corrected chi connectivity index (χ0v) is 12.2. The zero-order valence-electron chi connectivity index (χ0n) is 12.2. The third kappa shape index (κ3) is 3.80. The van der Waals surface area contributed by atoms with Crippen LogP contribution in [0.1, 0.15) is 26.7 Å². The Balaban J connectivity index is 1.97. The summed E-state index contributed by atoms with van der Waals surface area (Å²) in [5.74, 6) is -0.169. The van der Waals surface area contributed by atoms with Gasteiger partial charge in [-0.1, -0.05) is 11.6 Å². The summed E-state index contributed by atoms with van der Waals surface area (Å²) in [5.41, 5.74) is 1.21. The molecule has 2 saturated heterocycles. The number of rotatable bonds is 4. The number of hydrogen-bond donors (Lipinski definition) is 1. The number of nitrogens with one attached hydrogen (secondary N) is 1. The third-order valence-corrected chi connectivity index (χ3v) is 3.57. The fraction of sp³-hybridized carbons (Fsp3) is 0.714. The maximum atomic E-state index is 12.1. The summed E-state index contributed by atoms with van der Waals surface area (Å²) < 4.78 is 0. The van der Waals surface area contributed by atoms with Gasteiger partial charge in [-0.3, -0.25) is 19.3 Å². The Kier molecular flexibility index (Phi) is 5.14. The van der Waals surface area contributed by atoms with Crippen LogP contribution in [0.4, 0.5) is 0 Å². The highest BCUT2D eigenvalue weighted by molar-refractivity contribution is 5.88.